The molecule has 0 saturated heterocycles. The summed E-state index contributed by atoms with van der Waals surface area (Å²) >= 11 is 9.44. The lowest BCUT2D eigenvalue weighted by Crippen LogP contribution is -2.01. The van der Waals surface area contributed by atoms with Crippen LogP contribution >= 0.6 is 56.8 Å². The second-order valence-corrected chi connectivity index (χ2v) is 4.76. The van der Waals surface area contributed by atoms with Gasteiger partial charge in [-0.15, -0.1) is 11.6 Å². The van der Waals surface area contributed by atoms with Gasteiger partial charge in [-0.2, -0.15) is 0 Å². The van der Waals surface area contributed by atoms with Crippen LogP contribution in [0.2, 0.25) is 0 Å². The first-order chi connectivity index (χ1) is 6.06. The van der Waals surface area contributed by atoms with E-state index in [9.17, 15) is 8.78 Å². The van der Waals surface area contributed by atoms with E-state index in [2.05, 4.69) is 4.98 Å². The summed E-state index contributed by atoms with van der Waals surface area (Å²) in [6.45, 7) is 0. The number of rotatable bonds is 2. The SMILES string of the molecule is FC(F)c1nc(I)cc(I)c1CCl. The van der Waals surface area contributed by atoms with Crippen LogP contribution in [0.5, 0.6) is 0 Å². The second-order valence-electron chi connectivity index (χ2n) is 2.22. The van der Waals surface area contributed by atoms with Gasteiger partial charge in [0.05, 0.1) is 5.88 Å². The predicted molar refractivity (Wildman–Crippen MR) is 64.2 cm³/mol. The molecule has 0 aliphatic rings. The van der Waals surface area contributed by atoms with Gasteiger partial charge in [-0.25, -0.2) is 13.8 Å². The van der Waals surface area contributed by atoms with Crippen LogP contribution in [-0.2, 0) is 5.88 Å². The van der Waals surface area contributed by atoms with Crippen molar-refractivity contribution >= 4 is 56.8 Å². The van der Waals surface area contributed by atoms with Crippen molar-refractivity contribution in [1.29, 1.82) is 0 Å². The average Bonchev–Trinajstić information content (AvgIpc) is 2.02. The number of nitrogens with zero attached hydrogens (tertiary/aromatic N) is 1. The van der Waals surface area contributed by atoms with Crippen molar-refractivity contribution < 1.29 is 8.78 Å². The van der Waals surface area contributed by atoms with E-state index >= 15 is 0 Å². The third kappa shape index (κ3) is 2.85. The fourth-order valence-corrected chi connectivity index (χ4v) is 3.28. The van der Waals surface area contributed by atoms with Crippen LogP contribution in [0.3, 0.4) is 0 Å². The molecule has 0 bridgehead atoms. The molecule has 13 heavy (non-hydrogen) atoms. The first-order valence-electron chi connectivity index (χ1n) is 3.25. The monoisotopic (exact) mass is 429 g/mol. The molecule has 0 fully saturated rings. The van der Waals surface area contributed by atoms with Gasteiger partial charge < -0.3 is 0 Å². The van der Waals surface area contributed by atoms with E-state index in [4.69, 9.17) is 11.6 Å². The fraction of sp³-hybridized carbons (Fsp3) is 0.286. The van der Waals surface area contributed by atoms with Crippen molar-refractivity contribution in [3.8, 4) is 0 Å². The Morgan fingerprint density at radius 1 is 1.46 bits per heavy atom. The van der Waals surface area contributed by atoms with Crippen molar-refractivity contribution in [2.45, 2.75) is 12.3 Å². The standard InChI is InChI=1S/C7H4ClF2I2N/c8-2-3-4(11)1-5(12)13-6(3)7(9)10/h1,7H,2H2. The zero-order valence-electron chi connectivity index (χ0n) is 6.20. The highest BCUT2D eigenvalue weighted by atomic mass is 127. The van der Waals surface area contributed by atoms with Crippen molar-refractivity contribution in [1.82, 2.24) is 4.98 Å². The number of hydrogen-bond acceptors (Lipinski definition) is 1. The summed E-state index contributed by atoms with van der Waals surface area (Å²) in [7, 11) is 0. The van der Waals surface area contributed by atoms with Crippen LogP contribution in [0.15, 0.2) is 6.07 Å². The summed E-state index contributed by atoms with van der Waals surface area (Å²) in [6, 6.07) is 1.73. The highest BCUT2D eigenvalue weighted by Gasteiger charge is 2.17. The van der Waals surface area contributed by atoms with Gasteiger partial charge in [-0.3, -0.25) is 0 Å². The molecule has 72 valence electrons. The maximum Gasteiger partial charge on any atom is 0.280 e. The predicted octanol–water partition coefficient (Wildman–Crippen LogP) is 3.97. The Kier molecular flexibility index (Phi) is 4.56. The minimum absolute atomic E-state index is 0.0713. The van der Waals surface area contributed by atoms with Gasteiger partial charge in [-0.05, 0) is 51.2 Å². The molecule has 1 aromatic heterocycles. The van der Waals surface area contributed by atoms with E-state index in [-0.39, 0.29) is 11.6 Å². The smallest absolute Gasteiger partial charge is 0.240 e. The third-order valence-electron chi connectivity index (χ3n) is 1.41. The molecular formula is C7H4ClF2I2N. The molecule has 0 aliphatic carbocycles. The lowest BCUT2D eigenvalue weighted by atomic mass is 10.2. The highest BCUT2D eigenvalue weighted by Crippen LogP contribution is 2.27. The molecule has 1 nitrogen and oxygen atoms in total. The Hall–Kier alpha value is 0.760. The lowest BCUT2D eigenvalue weighted by molar-refractivity contribution is 0.145. The number of pyridine rings is 1. The van der Waals surface area contributed by atoms with Gasteiger partial charge in [0.15, 0.2) is 0 Å². The molecule has 0 saturated carbocycles. The fourth-order valence-electron chi connectivity index (χ4n) is 0.842. The molecule has 0 atom stereocenters. The lowest BCUT2D eigenvalue weighted by Gasteiger charge is -2.07. The summed E-state index contributed by atoms with van der Waals surface area (Å²) in [5.74, 6) is 0.0713. The Bertz CT molecular complexity index is 320. The molecule has 6 heteroatoms. The highest BCUT2D eigenvalue weighted by molar-refractivity contribution is 14.1. The van der Waals surface area contributed by atoms with Crippen molar-refractivity contribution in [2.24, 2.45) is 0 Å². The van der Waals surface area contributed by atoms with Gasteiger partial charge in [0.2, 0.25) is 0 Å². The molecule has 0 N–H and O–H groups in total. The largest absolute Gasteiger partial charge is 0.280 e. The van der Waals surface area contributed by atoms with Crippen LogP contribution < -0.4 is 0 Å². The van der Waals surface area contributed by atoms with Crippen LogP contribution in [0, 0.1) is 7.27 Å². The number of aromatic nitrogens is 1. The van der Waals surface area contributed by atoms with Crippen LogP contribution in [0.4, 0.5) is 8.78 Å². The second kappa shape index (κ2) is 5.01. The summed E-state index contributed by atoms with van der Waals surface area (Å²) in [6.07, 6.45) is -2.56. The summed E-state index contributed by atoms with van der Waals surface area (Å²) < 4.78 is 26.2. The summed E-state index contributed by atoms with van der Waals surface area (Å²) in [4.78, 5) is 3.75. The molecule has 0 aromatic carbocycles. The molecule has 0 amide bonds. The minimum Gasteiger partial charge on any atom is -0.240 e. The molecule has 1 rings (SSSR count). The van der Waals surface area contributed by atoms with E-state index in [0.29, 0.717) is 9.26 Å². The number of alkyl halides is 3. The van der Waals surface area contributed by atoms with E-state index in [0.717, 1.165) is 3.57 Å². The van der Waals surface area contributed by atoms with E-state index < -0.39 is 6.43 Å². The normalized spacial score (nSPS) is 10.9. The zero-order valence-corrected chi connectivity index (χ0v) is 11.3. The van der Waals surface area contributed by atoms with E-state index in [1.807, 2.05) is 45.2 Å². The molecule has 0 aliphatic heterocycles. The molecular weight excluding hydrogens is 425 g/mol. The average molecular weight is 429 g/mol. The molecule has 0 radical (unpaired) electrons. The van der Waals surface area contributed by atoms with Gasteiger partial charge in [0.1, 0.15) is 9.39 Å². The molecule has 0 unspecified atom stereocenters. The van der Waals surface area contributed by atoms with E-state index in [1.165, 1.54) is 0 Å². The van der Waals surface area contributed by atoms with Crippen molar-refractivity contribution in [3.05, 3.63) is 24.6 Å². The van der Waals surface area contributed by atoms with Gasteiger partial charge in [0.25, 0.3) is 6.43 Å². The summed E-state index contributed by atoms with van der Waals surface area (Å²) in [5.41, 5.74) is 0.226. The van der Waals surface area contributed by atoms with Gasteiger partial charge in [0, 0.05) is 9.13 Å². The Morgan fingerprint density at radius 2 is 2.08 bits per heavy atom. The molecule has 1 aromatic rings. The quantitative estimate of drug-likeness (QED) is 0.394. The zero-order chi connectivity index (χ0) is 10.0. The maximum absolute atomic E-state index is 12.4. The Labute approximate surface area is 107 Å². The Balaban J connectivity index is 3.29. The van der Waals surface area contributed by atoms with E-state index in [1.54, 1.807) is 6.07 Å². The number of halogens is 5. The van der Waals surface area contributed by atoms with Crippen LogP contribution in [0.1, 0.15) is 17.7 Å². The molecule has 1 heterocycles. The molecule has 0 spiro atoms. The maximum atomic E-state index is 12.4. The first-order valence-corrected chi connectivity index (χ1v) is 5.94. The van der Waals surface area contributed by atoms with Crippen LogP contribution in [-0.4, -0.2) is 4.98 Å². The Morgan fingerprint density at radius 3 is 2.54 bits per heavy atom. The minimum atomic E-state index is -2.56. The van der Waals surface area contributed by atoms with Gasteiger partial charge >= 0.3 is 0 Å². The first kappa shape index (κ1) is 11.8. The number of hydrogen-bond donors (Lipinski definition) is 0. The third-order valence-corrected chi connectivity index (χ3v) is 3.19. The van der Waals surface area contributed by atoms with Crippen LogP contribution in [0.25, 0.3) is 0 Å². The topological polar surface area (TPSA) is 12.9 Å². The van der Waals surface area contributed by atoms with Gasteiger partial charge in [-0.1, -0.05) is 0 Å². The van der Waals surface area contributed by atoms with Crippen molar-refractivity contribution in [3.63, 3.8) is 0 Å². The van der Waals surface area contributed by atoms with Crippen molar-refractivity contribution in [2.75, 3.05) is 0 Å². The summed E-state index contributed by atoms with van der Waals surface area (Å²) in [5, 5.41) is 0.